The number of benzene rings is 3. The van der Waals surface area contributed by atoms with Gasteiger partial charge in [-0.1, -0.05) is 60.1 Å². The predicted octanol–water partition coefficient (Wildman–Crippen LogP) is 4.53. The molecule has 0 spiro atoms. The van der Waals surface area contributed by atoms with E-state index in [1.165, 1.54) is 46.5 Å². The van der Waals surface area contributed by atoms with Crippen LogP contribution in [0.4, 0.5) is 0 Å². The van der Waals surface area contributed by atoms with Crippen LogP contribution < -0.4 is 5.32 Å². The molecule has 1 atom stereocenters. The monoisotopic (exact) mass is 451 g/mol. The highest BCUT2D eigenvalue weighted by Crippen LogP contribution is 2.55. The largest absolute Gasteiger partial charge is 0.355 e. The molecule has 1 N–H and O–H groups in total. The lowest BCUT2D eigenvalue weighted by Gasteiger charge is -2.45. The molecule has 3 aliphatic rings. The van der Waals surface area contributed by atoms with E-state index >= 15 is 0 Å². The number of hydrogen-bond acceptors (Lipinski definition) is 3. The number of fused-ring (bicyclic) bond motifs is 1. The van der Waals surface area contributed by atoms with Gasteiger partial charge in [0.1, 0.15) is 5.75 Å². The molecule has 3 aromatic carbocycles. The molecule has 2 bridgehead atoms. The van der Waals surface area contributed by atoms with Crippen LogP contribution in [0.5, 0.6) is 0 Å². The summed E-state index contributed by atoms with van der Waals surface area (Å²) in [6.07, 6.45) is 0.947. The molecule has 0 saturated carbocycles. The molecule has 3 aromatic rings. The first-order valence-corrected chi connectivity index (χ1v) is 12.4. The zero-order valence-corrected chi connectivity index (χ0v) is 18.4. The normalized spacial score (nSPS) is 21.3. The molecule has 0 aliphatic heterocycles. The molecule has 0 aromatic heterocycles. The maximum Gasteiger partial charge on any atom is 0.235 e. The molecule has 0 saturated heterocycles. The van der Waals surface area contributed by atoms with Crippen LogP contribution in [-0.2, 0) is 14.6 Å². The van der Waals surface area contributed by atoms with Crippen LogP contribution in [0.3, 0.4) is 0 Å². The average Bonchev–Trinajstić information content (AvgIpc) is 2.78. The Morgan fingerprint density at radius 1 is 0.871 bits per heavy atom. The van der Waals surface area contributed by atoms with E-state index < -0.39 is 21.5 Å². The van der Waals surface area contributed by atoms with Crippen molar-refractivity contribution >= 4 is 27.3 Å². The highest BCUT2D eigenvalue weighted by molar-refractivity contribution is 7.92. The molecule has 0 heterocycles. The number of rotatable bonds is 5. The molecular formula is C25H22ClNO3S. The summed E-state index contributed by atoms with van der Waals surface area (Å²) < 4.78 is 25.1. The van der Waals surface area contributed by atoms with Crippen molar-refractivity contribution in [3.05, 3.63) is 100 Å². The molecule has 6 heteroatoms. The van der Waals surface area contributed by atoms with Crippen molar-refractivity contribution in [2.24, 2.45) is 5.92 Å². The van der Waals surface area contributed by atoms with Gasteiger partial charge in [-0.15, -0.1) is 0 Å². The average molecular weight is 452 g/mol. The first-order chi connectivity index (χ1) is 14.9. The molecule has 158 valence electrons. The van der Waals surface area contributed by atoms with Gasteiger partial charge >= 0.3 is 0 Å². The third kappa shape index (κ3) is 3.66. The number of hydrogen-bond donors (Lipinski definition) is 1. The summed E-state index contributed by atoms with van der Waals surface area (Å²) in [5.41, 5.74) is 5.40. The van der Waals surface area contributed by atoms with Gasteiger partial charge < -0.3 is 5.32 Å². The van der Waals surface area contributed by atoms with Crippen molar-refractivity contribution < 1.29 is 13.2 Å². The Morgan fingerprint density at radius 3 is 2.00 bits per heavy atom. The second-order valence-electron chi connectivity index (χ2n) is 8.30. The predicted molar refractivity (Wildman–Crippen MR) is 121 cm³/mol. The summed E-state index contributed by atoms with van der Waals surface area (Å²) in [6, 6.07) is 23.0. The Bertz CT molecular complexity index is 1210. The highest BCUT2D eigenvalue weighted by Gasteiger charge is 2.42. The highest BCUT2D eigenvalue weighted by atomic mass is 35.5. The first kappa shape index (κ1) is 20.3. The van der Waals surface area contributed by atoms with E-state index in [2.05, 4.69) is 53.8 Å². The van der Waals surface area contributed by atoms with Gasteiger partial charge in [0.05, 0.1) is 4.90 Å². The van der Waals surface area contributed by atoms with Crippen LogP contribution in [0.25, 0.3) is 0 Å². The number of halogens is 1. The van der Waals surface area contributed by atoms with Crippen LogP contribution in [-0.4, -0.2) is 26.6 Å². The minimum absolute atomic E-state index is 0.103. The number of carbonyl (C=O) groups excluding carboxylic acids is 1. The SMILES string of the molecule is O=C(CS(=O)(=O)c1ccc(Cl)cc1)NC[C@H]1CC2c3ccccc3C1c1ccccc12. The quantitative estimate of drug-likeness (QED) is 0.620. The van der Waals surface area contributed by atoms with Gasteiger partial charge in [-0.3, -0.25) is 4.79 Å². The summed E-state index contributed by atoms with van der Waals surface area (Å²) in [6.45, 7) is 0.457. The molecule has 4 nitrogen and oxygen atoms in total. The van der Waals surface area contributed by atoms with Crippen LogP contribution in [0.15, 0.2) is 77.7 Å². The third-order valence-electron chi connectivity index (χ3n) is 6.48. The molecule has 0 radical (unpaired) electrons. The minimum atomic E-state index is -3.71. The van der Waals surface area contributed by atoms with Crippen molar-refractivity contribution in [2.45, 2.75) is 23.2 Å². The molecule has 3 aliphatic carbocycles. The molecule has 6 rings (SSSR count). The van der Waals surface area contributed by atoms with Gasteiger partial charge in [0.2, 0.25) is 5.91 Å². The van der Waals surface area contributed by atoms with Crippen LogP contribution in [0.2, 0.25) is 5.02 Å². The Morgan fingerprint density at radius 2 is 1.42 bits per heavy atom. The Labute approximate surface area is 187 Å². The summed E-state index contributed by atoms with van der Waals surface area (Å²) in [5.74, 6) is -0.277. The second-order valence-corrected chi connectivity index (χ2v) is 10.7. The van der Waals surface area contributed by atoms with E-state index in [1.807, 2.05) is 0 Å². The van der Waals surface area contributed by atoms with Gasteiger partial charge in [0.25, 0.3) is 0 Å². The number of nitrogens with one attached hydrogen (secondary N) is 1. The van der Waals surface area contributed by atoms with Crippen LogP contribution in [0.1, 0.15) is 40.5 Å². The van der Waals surface area contributed by atoms with Gasteiger partial charge in [0, 0.05) is 23.4 Å². The van der Waals surface area contributed by atoms with Gasteiger partial charge in [-0.25, -0.2) is 8.42 Å². The number of sulfone groups is 1. The van der Waals surface area contributed by atoms with Crippen molar-refractivity contribution in [2.75, 3.05) is 12.3 Å². The number of amides is 1. The van der Waals surface area contributed by atoms with E-state index in [-0.39, 0.29) is 16.7 Å². The maximum absolute atomic E-state index is 12.6. The second kappa shape index (κ2) is 7.81. The summed E-state index contributed by atoms with van der Waals surface area (Å²) in [4.78, 5) is 12.6. The number of carbonyl (C=O) groups is 1. The molecular weight excluding hydrogens is 430 g/mol. The van der Waals surface area contributed by atoms with E-state index in [9.17, 15) is 13.2 Å². The Balaban J connectivity index is 1.33. The molecule has 1 amide bonds. The fraction of sp³-hybridized carbons (Fsp3) is 0.240. The summed E-state index contributed by atoms with van der Waals surface area (Å²) in [5, 5.41) is 3.35. The fourth-order valence-electron chi connectivity index (χ4n) is 5.15. The van der Waals surface area contributed by atoms with Crippen molar-refractivity contribution in [1.82, 2.24) is 5.32 Å². The van der Waals surface area contributed by atoms with Crippen molar-refractivity contribution in [1.29, 1.82) is 0 Å². The lowest BCUT2D eigenvalue weighted by Crippen LogP contribution is -2.40. The lowest BCUT2D eigenvalue weighted by molar-refractivity contribution is -0.118. The van der Waals surface area contributed by atoms with E-state index in [0.717, 1.165) is 6.42 Å². The molecule has 31 heavy (non-hydrogen) atoms. The van der Waals surface area contributed by atoms with Gasteiger partial charge in [-0.05, 0) is 58.9 Å². The zero-order chi connectivity index (χ0) is 21.6. The summed E-state index contributed by atoms with van der Waals surface area (Å²) in [7, 11) is -3.71. The molecule has 0 fully saturated rings. The summed E-state index contributed by atoms with van der Waals surface area (Å²) >= 11 is 5.83. The smallest absolute Gasteiger partial charge is 0.235 e. The minimum Gasteiger partial charge on any atom is -0.355 e. The lowest BCUT2D eigenvalue weighted by atomic mass is 9.59. The van der Waals surface area contributed by atoms with E-state index in [0.29, 0.717) is 17.5 Å². The third-order valence-corrected chi connectivity index (χ3v) is 8.36. The van der Waals surface area contributed by atoms with Crippen LogP contribution >= 0.6 is 11.6 Å². The van der Waals surface area contributed by atoms with E-state index in [1.54, 1.807) is 0 Å². The van der Waals surface area contributed by atoms with Crippen molar-refractivity contribution in [3.8, 4) is 0 Å². The molecule has 0 unspecified atom stereocenters. The van der Waals surface area contributed by atoms with E-state index in [4.69, 9.17) is 11.6 Å². The van der Waals surface area contributed by atoms with Crippen molar-refractivity contribution in [3.63, 3.8) is 0 Å². The van der Waals surface area contributed by atoms with Gasteiger partial charge in [0.15, 0.2) is 9.84 Å². The standard InChI is InChI=1S/C25H22ClNO3S/c26-17-9-11-18(12-10-17)31(29,30)15-24(28)27-14-16-13-23-19-5-1-3-7-21(19)25(16)22-8-4-2-6-20(22)23/h1-12,16,23,25H,13-15H2,(H,27,28)/t16-,23?,25?/m1/s1. The topological polar surface area (TPSA) is 63.2 Å². The maximum atomic E-state index is 12.6. The zero-order valence-electron chi connectivity index (χ0n) is 16.8. The fourth-order valence-corrected chi connectivity index (χ4v) is 6.44. The van der Waals surface area contributed by atoms with Crippen LogP contribution in [0, 0.1) is 5.92 Å². The first-order valence-electron chi connectivity index (χ1n) is 10.4. The van der Waals surface area contributed by atoms with Gasteiger partial charge in [-0.2, -0.15) is 0 Å². The Kier molecular flexibility index (Phi) is 5.11. The Hall–Kier alpha value is -2.63.